The first kappa shape index (κ1) is 21.1. The van der Waals surface area contributed by atoms with Crippen molar-refractivity contribution in [3.8, 4) is 5.75 Å². The van der Waals surface area contributed by atoms with Gasteiger partial charge in [-0.15, -0.1) is 11.3 Å². The number of ether oxygens (including phenoxy) is 1. The lowest BCUT2D eigenvalue weighted by atomic mass is 10.1. The van der Waals surface area contributed by atoms with E-state index in [0.29, 0.717) is 28.6 Å². The van der Waals surface area contributed by atoms with Crippen LogP contribution >= 0.6 is 22.9 Å². The number of thiophene rings is 1. The minimum absolute atomic E-state index is 0.0957. The summed E-state index contributed by atoms with van der Waals surface area (Å²) in [5.74, 6) is 0.374. The number of nitrogens with zero attached hydrogens (tertiary/aromatic N) is 3. The molecule has 0 unspecified atom stereocenters. The van der Waals surface area contributed by atoms with Crippen LogP contribution in [0.5, 0.6) is 5.75 Å². The van der Waals surface area contributed by atoms with E-state index in [0.717, 1.165) is 22.2 Å². The highest BCUT2D eigenvalue weighted by Crippen LogP contribution is 2.38. The average Bonchev–Trinajstić information content (AvgIpc) is 3.10. The van der Waals surface area contributed by atoms with Gasteiger partial charge in [-0.1, -0.05) is 30.3 Å². The van der Waals surface area contributed by atoms with Crippen LogP contribution in [0.25, 0.3) is 10.2 Å². The third kappa shape index (κ3) is 4.47. The van der Waals surface area contributed by atoms with Gasteiger partial charge in [-0.3, -0.25) is 0 Å². The fourth-order valence-corrected chi connectivity index (χ4v) is 4.58. The minimum Gasteiger partial charge on any atom is -0.508 e. The van der Waals surface area contributed by atoms with Crippen LogP contribution in [0.4, 0.5) is 11.5 Å². The lowest BCUT2D eigenvalue weighted by Gasteiger charge is -2.19. The number of hydrogen-bond acceptors (Lipinski definition) is 7. The summed E-state index contributed by atoms with van der Waals surface area (Å²) in [5, 5.41) is 10.4. The van der Waals surface area contributed by atoms with E-state index in [9.17, 15) is 9.90 Å². The molecule has 2 aromatic heterocycles. The molecule has 4 aromatic rings. The molecule has 0 saturated heterocycles. The van der Waals surface area contributed by atoms with Crippen LogP contribution in [0.3, 0.4) is 0 Å². The number of benzene rings is 2. The maximum absolute atomic E-state index is 12.8. The number of fused-ring (bicyclic) bond motifs is 1. The number of carbonyl (C=O) groups excluding carboxylic acids is 1. The van der Waals surface area contributed by atoms with Crippen LogP contribution in [0.2, 0.25) is 5.28 Å². The van der Waals surface area contributed by atoms with Crippen LogP contribution < -0.4 is 4.90 Å². The van der Waals surface area contributed by atoms with Gasteiger partial charge in [0.25, 0.3) is 0 Å². The van der Waals surface area contributed by atoms with Gasteiger partial charge in [0.2, 0.25) is 5.28 Å². The molecule has 0 amide bonds. The third-order valence-electron chi connectivity index (χ3n) is 4.95. The molecule has 8 heteroatoms. The van der Waals surface area contributed by atoms with Crippen molar-refractivity contribution < 1.29 is 14.6 Å². The second-order valence-electron chi connectivity index (χ2n) is 7.00. The quantitative estimate of drug-likeness (QED) is 0.306. The molecule has 0 fully saturated rings. The van der Waals surface area contributed by atoms with E-state index in [2.05, 4.69) is 9.97 Å². The Hall–Kier alpha value is -3.16. The van der Waals surface area contributed by atoms with Crippen molar-refractivity contribution in [2.45, 2.75) is 13.3 Å². The molecular weight excluding hydrogens is 434 g/mol. The molecule has 0 aliphatic rings. The zero-order chi connectivity index (χ0) is 22.0. The fraction of sp³-hybridized carbons (Fsp3) is 0.174. The summed E-state index contributed by atoms with van der Waals surface area (Å²) in [7, 11) is 1.85. The normalized spacial score (nSPS) is 10.9. The smallest absolute Gasteiger partial charge is 0.348 e. The van der Waals surface area contributed by atoms with Gasteiger partial charge in [0, 0.05) is 19.2 Å². The van der Waals surface area contributed by atoms with Crippen molar-refractivity contribution in [3.05, 3.63) is 75.9 Å². The number of anilines is 2. The molecule has 0 spiro atoms. The summed E-state index contributed by atoms with van der Waals surface area (Å²) in [6.07, 6.45) is 0.650. The first-order valence-corrected chi connectivity index (χ1v) is 10.8. The average molecular weight is 454 g/mol. The first-order valence-electron chi connectivity index (χ1n) is 9.64. The summed E-state index contributed by atoms with van der Waals surface area (Å²) in [6.45, 7) is 2.15. The van der Waals surface area contributed by atoms with E-state index in [-0.39, 0.29) is 17.0 Å². The van der Waals surface area contributed by atoms with Crippen LogP contribution in [0, 0.1) is 6.92 Å². The molecule has 0 atom stereocenters. The number of aromatic nitrogens is 2. The zero-order valence-corrected chi connectivity index (χ0v) is 18.6. The number of aryl methyl sites for hydroxylation is 1. The molecule has 6 nitrogen and oxygen atoms in total. The van der Waals surface area contributed by atoms with Gasteiger partial charge >= 0.3 is 5.97 Å². The van der Waals surface area contributed by atoms with E-state index in [1.165, 1.54) is 11.3 Å². The van der Waals surface area contributed by atoms with Crippen molar-refractivity contribution in [2.24, 2.45) is 0 Å². The highest BCUT2D eigenvalue weighted by Gasteiger charge is 2.23. The Kier molecular flexibility index (Phi) is 6.06. The zero-order valence-electron chi connectivity index (χ0n) is 17.0. The van der Waals surface area contributed by atoms with Gasteiger partial charge in [-0.2, -0.15) is 4.98 Å². The number of phenolic OH excluding ortho intramolecular Hbond substituents is 1. The molecule has 158 valence electrons. The van der Waals surface area contributed by atoms with Crippen molar-refractivity contribution in [3.63, 3.8) is 0 Å². The number of rotatable bonds is 6. The second kappa shape index (κ2) is 8.91. The Labute approximate surface area is 188 Å². The maximum atomic E-state index is 12.8. The van der Waals surface area contributed by atoms with Gasteiger partial charge < -0.3 is 14.7 Å². The van der Waals surface area contributed by atoms with Gasteiger partial charge in [-0.25, -0.2) is 9.78 Å². The first-order chi connectivity index (χ1) is 14.9. The van der Waals surface area contributed by atoms with E-state index in [1.54, 1.807) is 24.3 Å². The lowest BCUT2D eigenvalue weighted by molar-refractivity contribution is 0.0514. The summed E-state index contributed by atoms with van der Waals surface area (Å²) < 4.78 is 5.52. The summed E-state index contributed by atoms with van der Waals surface area (Å²) in [4.78, 5) is 24.4. The van der Waals surface area contributed by atoms with E-state index < -0.39 is 0 Å². The van der Waals surface area contributed by atoms with E-state index in [4.69, 9.17) is 16.3 Å². The molecule has 0 aliphatic heterocycles. The Balaban J connectivity index is 1.62. The number of hydrogen-bond donors (Lipinski definition) is 1. The molecule has 2 aromatic carbocycles. The second-order valence-corrected chi connectivity index (χ2v) is 8.34. The Morgan fingerprint density at radius 3 is 2.55 bits per heavy atom. The molecule has 31 heavy (non-hydrogen) atoms. The Morgan fingerprint density at radius 1 is 1.13 bits per heavy atom. The molecule has 0 radical (unpaired) electrons. The predicted molar refractivity (Wildman–Crippen MR) is 124 cm³/mol. The molecule has 0 bridgehead atoms. The third-order valence-corrected chi connectivity index (χ3v) is 6.29. The van der Waals surface area contributed by atoms with Crippen LogP contribution in [-0.2, 0) is 11.2 Å². The van der Waals surface area contributed by atoms with Gasteiger partial charge in [0.15, 0.2) is 0 Å². The molecule has 1 N–H and O–H groups in total. The number of esters is 1. The number of carbonyl (C=O) groups is 1. The SMILES string of the molecule is Cc1c(C(=O)OCCc2ccccc2)sc2nc(Cl)nc(N(C)c3ccc(O)cc3)c12. The minimum atomic E-state index is -0.384. The Morgan fingerprint density at radius 2 is 1.84 bits per heavy atom. The van der Waals surface area contributed by atoms with Crippen LogP contribution in [-0.4, -0.2) is 34.7 Å². The number of aromatic hydroxyl groups is 1. The summed E-state index contributed by atoms with van der Waals surface area (Å²) >= 11 is 7.42. The Bertz CT molecular complexity index is 1230. The molecule has 2 heterocycles. The van der Waals surface area contributed by atoms with E-state index in [1.807, 2.05) is 49.2 Å². The molecular formula is C23H20ClN3O3S. The van der Waals surface area contributed by atoms with Gasteiger partial charge in [-0.05, 0) is 53.9 Å². The number of phenols is 1. The van der Waals surface area contributed by atoms with Crippen LogP contribution in [0.15, 0.2) is 54.6 Å². The van der Waals surface area contributed by atoms with Crippen molar-refractivity contribution in [1.82, 2.24) is 9.97 Å². The van der Waals surface area contributed by atoms with Crippen LogP contribution in [0.1, 0.15) is 20.8 Å². The predicted octanol–water partition coefficient (Wildman–Crippen LogP) is 5.53. The topological polar surface area (TPSA) is 75.5 Å². The largest absolute Gasteiger partial charge is 0.508 e. The standard InChI is InChI=1S/C23H20ClN3O3S/c1-14-18-20(27(2)16-8-10-17(28)11-9-16)25-23(24)26-21(18)31-19(14)22(29)30-13-12-15-6-4-3-5-7-15/h3-11,28H,12-13H2,1-2H3. The molecule has 0 saturated carbocycles. The van der Waals surface area contributed by atoms with Crippen molar-refractivity contribution in [2.75, 3.05) is 18.6 Å². The van der Waals surface area contributed by atoms with Gasteiger partial charge in [0.1, 0.15) is 21.3 Å². The highest BCUT2D eigenvalue weighted by atomic mass is 35.5. The summed E-state index contributed by atoms with van der Waals surface area (Å²) in [5.41, 5.74) is 2.67. The van der Waals surface area contributed by atoms with Crippen molar-refractivity contribution >= 4 is 50.6 Å². The summed E-state index contributed by atoms with van der Waals surface area (Å²) in [6, 6.07) is 16.6. The highest BCUT2D eigenvalue weighted by molar-refractivity contribution is 7.20. The van der Waals surface area contributed by atoms with Crippen molar-refractivity contribution in [1.29, 1.82) is 0 Å². The molecule has 0 aliphatic carbocycles. The lowest BCUT2D eigenvalue weighted by Crippen LogP contribution is -2.12. The monoisotopic (exact) mass is 453 g/mol. The maximum Gasteiger partial charge on any atom is 0.348 e. The number of halogens is 1. The fourth-order valence-electron chi connectivity index (χ4n) is 3.30. The van der Waals surface area contributed by atoms with Gasteiger partial charge in [0.05, 0.1) is 12.0 Å². The van der Waals surface area contributed by atoms with E-state index >= 15 is 0 Å². The molecule has 4 rings (SSSR count).